The number of furan rings is 1. The van der Waals surface area contributed by atoms with Crippen molar-refractivity contribution >= 4 is 5.91 Å². The van der Waals surface area contributed by atoms with E-state index in [1.54, 1.807) is 23.6 Å². The molecule has 26 heavy (non-hydrogen) atoms. The van der Waals surface area contributed by atoms with E-state index in [4.69, 9.17) is 9.15 Å². The van der Waals surface area contributed by atoms with Gasteiger partial charge in [-0.1, -0.05) is 6.07 Å². The van der Waals surface area contributed by atoms with Crippen LogP contribution in [0.5, 0.6) is 0 Å². The number of hydrogen-bond acceptors (Lipinski definition) is 5. The first-order valence-electron chi connectivity index (χ1n) is 9.23. The van der Waals surface area contributed by atoms with Gasteiger partial charge in [-0.05, 0) is 43.5 Å². The lowest BCUT2D eigenvalue weighted by Gasteiger charge is -2.33. The van der Waals surface area contributed by atoms with Crippen molar-refractivity contribution in [1.82, 2.24) is 14.8 Å². The second-order valence-electron chi connectivity index (χ2n) is 7.33. The molecular weight excluding hydrogens is 330 g/mol. The number of likely N-dealkylation sites (N-methyl/N-ethyl adjacent to an activating group) is 1. The number of pyridine rings is 1. The van der Waals surface area contributed by atoms with Gasteiger partial charge < -0.3 is 14.1 Å². The molecule has 0 unspecified atom stereocenters. The number of hydrogen-bond donors (Lipinski definition) is 0. The highest BCUT2D eigenvalue weighted by Gasteiger charge is 2.42. The minimum Gasteiger partial charge on any atom is -0.472 e. The molecule has 2 aromatic rings. The van der Waals surface area contributed by atoms with Crippen molar-refractivity contribution in [1.29, 1.82) is 0 Å². The van der Waals surface area contributed by atoms with Crippen molar-refractivity contribution in [3.63, 3.8) is 0 Å². The van der Waals surface area contributed by atoms with Gasteiger partial charge in [0.15, 0.2) is 0 Å². The van der Waals surface area contributed by atoms with E-state index >= 15 is 0 Å². The number of piperidine rings is 1. The van der Waals surface area contributed by atoms with E-state index in [1.807, 2.05) is 31.3 Å². The Balaban J connectivity index is 1.32. The molecule has 0 aliphatic carbocycles. The Labute approximate surface area is 153 Å². The topological polar surface area (TPSA) is 58.8 Å². The summed E-state index contributed by atoms with van der Waals surface area (Å²) in [6.45, 7) is 3.31. The van der Waals surface area contributed by atoms with E-state index in [-0.39, 0.29) is 18.1 Å². The molecule has 0 saturated carbocycles. The molecule has 138 valence electrons. The van der Waals surface area contributed by atoms with Crippen LogP contribution in [-0.4, -0.2) is 53.0 Å². The second kappa shape index (κ2) is 7.60. The standard InChI is InChI=1S/C20H25N3O3/c1-22(12-17-4-2-3-7-21-17)20(24)18-10-16-5-8-23(13-19(16)26-18)11-15-6-9-25-14-15/h2-4,6-7,9,14,16,18-19H,5,8,10-13H2,1H3/t16-,18+,19+/m1/s1. The van der Waals surface area contributed by atoms with Crippen molar-refractivity contribution in [2.75, 3.05) is 20.1 Å². The van der Waals surface area contributed by atoms with Gasteiger partial charge in [-0.2, -0.15) is 0 Å². The van der Waals surface area contributed by atoms with Crippen LogP contribution < -0.4 is 0 Å². The minimum atomic E-state index is -0.326. The molecule has 3 atom stereocenters. The van der Waals surface area contributed by atoms with Gasteiger partial charge in [-0.25, -0.2) is 0 Å². The van der Waals surface area contributed by atoms with E-state index in [2.05, 4.69) is 9.88 Å². The number of fused-ring (bicyclic) bond motifs is 1. The van der Waals surface area contributed by atoms with Crippen LogP contribution in [0.3, 0.4) is 0 Å². The van der Waals surface area contributed by atoms with Crippen molar-refractivity contribution < 1.29 is 13.9 Å². The third-order valence-corrected chi connectivity index (χ3v) is 5.40. The zero-order valence-electron chi connectivity index (χ0n) is 15.1. The monoisotopic (exact) mass is 355 g/mol. The Morgan fingerprint density at radius 3 is 3.08 bits per heavy atom. The first kappa shape index (κ1) is 17.2. The fourth-order valence-corrected chi connectivity index (χ4v) is 4.00. The predicted octanol–water partition coefficient (Wildman–Crippen LogP) is 2.31. The van der Waals surface area contributed by atoms with Gasteiger partial charge in [-0.15, -0.1) is 0 Å². The Morgan fingerprint density at radius 1 is 1.38 bits per heavy atom. The summed E-state index contributed by atoms with van der Waals surface area (Å²) < 4.78 is 11.3. The van der Waals surface area contributed by atoms with Crippen molar-refractivity contribution in [3.8, 4) is 0 Å². The molecule has 2 saturated heterocycles. The third-order valence-electron chi connectivity index (χ3n) is 5.40. The zero-order chi connectivity index (χ0) is 17.9. The summed E-state index contributed by atoms with van der Waals surface area (Å²) in [5.41, 5.74) is 2.08. The maximum atomic E-state index is 12.8. The largest absolute Gasteiger partial charge is 0.472 e. The number of likely N-dealkylation sites (tertiary alicyclic amines) is 1. The SMILES string of the molecule is CN(Cc1ccccn1)C(=O)[C@@H]1C[C@H]2CCN(Cc3ccoc3)C[C@@H]2O1. The van der Waals surface area contributed by atoms with Gasteiger partial charge in [0.2, 0.25) is 0 Å². The van der Waals surface area contributed by atoms with Gasteiger partial charge in [0.05, 0.1) is 30.9 Å². The molecule has 2 aromatic heterocycles. The fraction of sp³-hybridized carbons (Fsp3) is 0.500. The highest BCUT2D eigenvalue weighted by atomic mass is 16.5. The van der Waals surface area contributed by atoms with Crippen LogP contribution in [0.1, 0.15) is 24.1 Å². The van der Waals surface area contributed by atoms with Crippen molar-refractivity contribution in [2.24, 2.45) is 5.92 Å². The summed E-state index contributed by atoms with van der Waals surface area (Å²) in [5, 5.41) is 0. The predicted molar refractivity (Wildman–Crippen MR) is 96.1 cm³/mol. The number of rotatable bonds is 5. The summed E-state index contributed by atoms with van der Waals surface area (Å²) in [5.74, 6) is 0.541. The first-order chi connectivity index (χ1) is 12.7. The number of aromatic nitrogens is 1. The quantitative estimate of drug-likeness (QED) is 0.824. The molecule has 6 nitrogen and oxygen atoms in total. The number of carbonyl (C=O) groups is 1. The summed E-state index contributed by atoms with van der Waals surface area (Å²) in [7, 11) is 1.83. The van der Waals surface area contributed by atoms with Crippen LogP contribution in [0.2, 0.25) is 0 Å². The molecular formula is C20H25N3O3. The maximum absolute atomic E-state index is 12.8. The fourth-order valence-electron chi connectivity index (χ4n) is 4.00. The Morgan fingerprint density at radius 2 is 2.31 bits per heavy atom. The Kier molecular flexibility index (Phi) is 5.04. The van der Waals surface area contributed by atoms with Crippen LogP contribution in [0.4, 0.5) is 0 Å². The van der Waals surface area contributed by atoms with E-state index in [0.29, 0.717) is 12.5 Å². The normalized spacial score (nSPS) is 25.8. The van der Waals surface area contributed by atoms with E-state index in [0.717, 1.165) is 38.2 Å². The second-order valence-corrected chi connectivity index (χ2v) is 7.33. The molecule has 0 aromatic carbocycles. The summed E-state index contributed by atoms with van der Waals surface area (Å²) >= 11 is 0. The van der Waals surface area contributed by atoms with Crippen LogP contribution in [0.25, 0.3) is 0 Å². The maximum Gasteiger partial charge on any atom is 0.251 e. The molecule has 0 bridgehead atoms. The van der Waals surface area contributed by atoms with Gasteiger partial charge in [0, 0.05) is 31.9 Å². The van der Waals surface area contributed by atoms with Crippen molar-refractivity contribution in [2.45, 2.75) is 38.1 Å². The average Bonchev–Trinajstić information content (AvgIpc) is 3.31. The smallest absolute Gasteiger partial charge is 0.251 e. The Hall–Kier alpha value is -2.18. The molecule has 1 amide bonds. The molecule has 2 aliphatic rings. The number of ether oxygens (including phenoxy) is 1. The number of nitrogens with zero attached hydrogens (tertiary/aromatic N) is 3. The average molecular weight is 355 g/mol. The highest BCUT2D eigenvalue weighted by Crippen LogP contribution is 2.34. The molecule has 6 heteroatoms. The van der Waals surface area contributed by atoms with Crippen LogP contribution in [0.15, 0.2) is 47.4 Å². The third kappa shape index (κ3) is 3.81. The lowest BCUT2D eigenvalue weighted by Crippen LogP contribution is -2.42. The van der Waals surface area contributed by atoms with E-state index < -0.39 is 0 Å². The van der Waals surface area contributed by atoms with Gasteiger partial charge in [-0.3, -0.25) is 14.7 Å². The van der Waals surface area contributed by atoms with Crippen LogP contribution in [-0.2, 0) is 22.6 Å². The summed E-state index contributed by atoms with van der Waals surface area (Å²) in [4.78, 5) is 21.2. The zero-order valence-corrected chi connectivity index (χ0v) is 15.1. The molecule has 0 N–H and O–H groups in total. The Bertz CT molecular complexity index is 719. The lowest BCUT2D eigenvalue weighted by atomic mass is 9.91. The van der Waals surface area contributed by atoms with Crippen LogP contribution >= 0.6 is 0 Å². The van der Waals surface area contributed by atoms with Gasteiger partial charge in [0.1, 0.15) is 6.10 Å². The first-order valence-corrected chi connectivity index (χ1v) is 9.23. The molecule has 2 fully saturated rings. The molecule has 4 heterocycles. The summed E-state index contributed by atoms with van der Waals surface area (Å²) in [6, 6.07) is 7.76. The van der Waals surface area contributed by atoms with Crippen LogP contribution in [0, 0.1) is 5.92 Å². The lowest BCUT2D eigenvalue weighted by molar-refractivity contribution is -0.143. The molecule has 2 aliphatic heterocycles. The molecule has 0 spiro atoms. The highest BCUT2D eigenvalue weighted by molar-refractivity contribution is 5.81. The minimum absolute atomic E-state index is 0.0615. The summed E-state index contributed by atoms with van der Waals surface area (Å²) in [6.07, 6.45) is 6.98. The number of amides is 1. The number of carbonyl (C=O) groups excluding carboxylic acids is 1. The van der Waals surface area contributed by atoms with Gasteiger partial charge >= 0.3 is 0 Å². The van der Waals surface area contributed by atoms with Gasteiger partial charge in [0.25, 0.3) is 5.91 Å². The van der Waals surface area contributed by atoms with E-state index in [1.165, 1.54) is 5.56 Å². The molecule has 4 rings (SSSR count). The molecule has 0 radical (unpaired) electrons. The van der Waals surface area contributed by atoms with Crippen molar-refractivity contribution in [3.05, 3.63) is 54.2 Å². The van der Waals surface area contributed by atoms with E-state index in [9.17, 15) is 4.79 Å².